The van der Waals surface area contributed by atoms with Crippen molar-refractivity contribution in [2.24, 2.45) is 5.92 Å². The molecule has 0 spiro atoms. The van der Waals surface area contributed by atoms with Crippen LogP contribution in [-0.2, 0) is 9.09 Å². The van der Waals surface area contributed by atoms with Crippen molar-refractivity contribution in [1.29, 1.82) is 0 Å². The first-order valence-electron chi connectivity index (χ1n) is 2.58. The topological polar surface area (TPSA) is 72.4 Å². The van der Waals surface area contributed by atoms with Crippen molar-refractivity contribution in [3.8, 4) is 0 Å². The van der Waals surface area contributed by atoms with E-state index >= 15 is 0 Å². The molecule has 4 nitrogen and oxygen atoms in total. The molecule has 0 unspecified atom stereocenters. The van der Waals surface area contributed by atoms with Gasteiger partial charge in [0.1, 0.15) is 0 Å². The zero-order valence-electron chi connectivity index (χ0n) is 6.07. The van der Waals surface area contributed by atoms with Gasteiger partial charge < -0.3 is 18.9 Å². The fourth-order valence-corrected chi connectivity index (χ4v) is 0.721. The molecular formula is C4H9CaO4P. The minimum atomic E-state index is -4.72. The Kier molecular flexibility index (Phi) is 8.29. The van der Waals surface area contributed by atoms with Crippen molar-refractivity contribution in [3.63, 3.8) is 0 Å². The second kappa shape index (κ2) is 5.95. The molecule has 0 saturated carbocycles. The summed E-state index contributed by atoms with van der Waals surface area (Å²) in [5.41, 5.74) is 0. The Morgan fingerprint density at radius 1 is 1.50 bits per heavy atom. The van der Waals surface area contributed by atoms with Crippen molar-refractivity contribution < 1.29 is 18.9 Å². The summed E-state index contributed by atoms with van der Waals surface area (Å²) in [4.78, 5) is 19.6. The third-order valence-electron chi connectivity index (χ3n) is 0.566. The Hall–Kier alpha value is 1.37. The molecule has 0 aliphatic rings. The molecule has 0 heterocycles. The van der Waals surface area contributed by atoms with Gasteiger partial charge in [0.2, 0.25) is 0 Å². The summed E-state index contributed by atoms with van der Waals surface area (Å²) >= 11 is 0. The van der Waals surface area contributed by atoms with Crippen LogP contribution in [0.1, 0.15) is 13.8 Å². The third kappa shape index (κ3) is 12.1. The van der Waals surface area contributed by atoms with Crippen LogP contribution in [0.5, 0.6) is 0 Å². The van der Waals surface area contributed by atoms with Crippen LogP contribution in [0.25, 0.3) is 0 Å². The molecule has 10 heavy (non-hydrogen) atoms. The minimum Gasteiger partial charge on any atom is -0.790 e. The van der Waals surface area contributed by atoms with E-state index < -0.39 is 7.82 Å². The molecule has 0 radical (unpaired) electrons. The van der Waals surface area contributed by atoms with Crippen molar-refractivity contribution in [3.05, 3.63) is 0 Å². The average Bonchev–Trinajstić information content (AvgIpc) is 1.59. The maximum absolute atomic E-state index is 9.79. The van der Waals surface area contributed by atoms with Crippen LogP contribution in [0.3, 0.4) is 0 Å². The normalized spacial score (nSPS) is 11.3. The van der Waals surface area contributed by atoms with Crippen LogP contribution in [0.15, 0.2) is 0 Å². The molecular weight excluding hydrogens is 183 g/mol. The van der Waals surface area contributed by atoms with Gasteiger partial charge >= 0.3 is 37.7 Å². The van der Waals surface area contributed by atoms with Crippen molar-refractivity contribution in [1.82, 2.24) is 0 Å². The van der Waals surface area contributed by atoms with Gasteiger partial charge in [0.25, 0.3) is 0 Å². The molecule has 56 valence electrons. The average molecular weight is 192 g/mol. The monoisotopic (exact) mass is 192 g/mol. The number of phosphoric acid groups is 1. The summed E-state index contributed by atoms with van der Waals surface area (Å²) in [6.45, 7) is 3.50. The first-order chi connectivity index (χ1) is 3.92. The zero-order chi connectivity index (χ0) is 7.49. The predicted octanol–water partition coefficient (Wildman–Crippen LogP) is -0.893. The standard InChI is InChI=1S/C4H11O4P.Ca/c1-4(2)3-8-9(5,6)7;/h4H,3H2,1-2H3,(H2,5,6,7);/q;+2/p-2. The van der Waals surface area contributed by atoms with Gasteiger partial charge in [0.05, 0.1) is 14.4 Å². The molecule has 0 aliphatic heterocycles. The van der Waals surface area contributed by atoms with Gasteiger partial charge in [-0.3, -0.25) is 0 Å². The number of rotatable bonds is 3. The molecule has 0 atom stereocenters. The van der Waals surface area contributed by atoms with E-state index in [9.17, 15) is 14.4 Å². The van der Waals surface area contributed by atoms with E-state index in [4.69, 9.17) is 0 Å². The molecule has 0 rings (SSSR count). The Morgan fingerprint density at radius 2 is 1.90 bits per heavy atom. The summed E-state index contributed by atoms with van der Waals surface area (Å²) in [6, 6.07) is 0. The van der Waals surface area contributed by atoms with E-state index in [1.54, 1.807) is 13.8 Å². The van der Waals surface area contributed by atoms with Crippen LogP contribution in [0.4, 0.5) is 0 Å². The second-order valence-electron chi connectivity index (χ2n) is 2.14. The zero-order valence-corrected chi connectivity index (χ0v) is 9.17. The SMILES string of the molecule is CC(C)COP(=O)([O-])[O-].[Ca+2]. The summed E-state index contributed by atoms with van der Waals surface area (Å²) in [5, 5.41) is 0. The van der Waals surface area contributed by atoms with E-state index in [-0.39, 0.29) is 50.3 Å². The van der Waals surface area contributed by atoms with Gasteiger partial charge in [-0.1, -0.05) is 13.8 Å². The van der Waals surface area contributed by atoms with Gasteiger partial charge in [0.15, 0.2) is 0 Å². The fraction of sp³-hybridized carbons (Fsp3) is 1.00. The van der Waals surface area contributed by atoms with Crippen LogP contribution >= 0.6 is 7.82 Å². The molecule has 6 heteroatoms. The Morgan fingerprint density at radius 3 is 2.00 bits per heavy atom. The smallest absolute Gasteiger partial charge is 0.790 e. The molecule has 0 N–H and O–H groups in total. The van der Waals surface area contributed by atoms with Gasteiger partial charge in [-0.15, -0.1) is 0 Å². The minimum absolute atomic E-state index is 0. The fourth-order valence-electron chi connectivity index (χ4n) is 0.240. The van der Waals surface area contributed by atoms with Crippen molar-refractivity contribution in [2.45, 2.75) is 13.8 Å². The number of phosphoric ester groups is 1. The van der Waals surface area contributed by atoms with Crippen LogP contribution in [0.2, 0.25) is 0 Å². The van der Waals surface area contributed by atoms with Crippen LogP contribution in [0, 0.1) is 5.92 Å². The Bertz CT molecular complexity index is 120. The summed E-state index contributed by atoms with van der Waals surface area (Å²) in [5.74, 6) is 0.0706. The predicted molar refractivity (Wildman–Crippen MR) is 34.2 cm³/mol. The molecule has 0 saturated heterocycles. The van der Waals surface area contributed by atoms with E-state index in [0.717, 1.165) is 0 Å². The number of hydrogen-bond acceptors (Lipinski definition) is 4. The van der Waals surface area contributed by atoms with E-state index in [1.807, 2.05) is 0 Å². The maximum atomic E-state index is 9.79. The molecule has 0 aromatic carbocycles. The largest absolute Gasteiger partial charge is 2.00 e. The van der Waals surface area contributed by atoms with E-state index in [2.05, 4.69) is 4.52 Å². The van der Waals surface area contributed by atoms with E-state index in [0.29, 0.717) is 0 Å². The molecule has 0 aromatic heterocycles. The molecule has 0 amide bonds. The second-order valence-corrected chi connectivity index (χ2v) is 3.29. The van der Waals surface area contributed by atoms with Gasteiger partial charge in [0, 0.05) is 0 Å². The summed E-state index contributed by atoms with van der Waals surface area (Å²) in [7, 11) is -4.72. The molecule has 0 bridgehead atoms. The molecule has 0 fully saturated rings. The van der Waals surface area contributed by atoms with Crippen molar-refractivity contribution >= 4 is 45.6 Å². The van der Waals surface area contributed by atoms with E-state index in [1.165, 1.54) is 0 Å². The third-order valence-corrected chi connectivity index (χ3v) is 1.03. The van der Waals surface area contributed by atoms with Crippen molar-refractivity contribution in [2.75, 3.05) is 6.61 Å². The first kappa shape index (κ1) is 13.9. The molecule has 0 aliphatic carbocycles. The van der Waals surface area contributed by atoms with Crippen LogP contribution < -0.4 is 9.79 Å². The Labute approximate surface area is 90.2 Å². The van der Waals surface area contributed by atoms with Gasteiger partial charge in [-0.25, -0.2) is 0 Å². The van der Waals surface area contributed by atoms with Gasteiger partial charge in [-0.2, -0.15) is 0 Å². The number of hydrogen-bond donors (Lipinski definition) is 0. The quantitative estimate of drug-likeness (QED) is 0.429. The van der Waals surface area contributed by atoms with Gasteiger partial charge in [-0.05, 0) is 5.92 Å². The maximum Gasteiger partial charge on any atom is 2.00 e. The molecule has 0 aromatic rings. The van der Waals surface area contributed by atoms with Crippen LogP contribution in [-0.4, -0.2) is 44.3 Å². The first-order valence-corrected chi connectivity index (χ1v) is 4.04. The summed E-state index contributed by atoms with van der Waals surface area (Å²) in [6.07, 6.45) is 0. The summed E-state index contributed by atoms with van der Waals surface area (Å²) < 4.78 is 13.7. The Balaban J connectivity index is 0.